The molecule has 1 unspecified atom stereocenters. The van der Waals surface area contributed by atoms with Gasteiger partial charge in [-0.05, 0) is 26.7 Å². The molecule has 2 rings (SSSR count). The van der Waals surface area contributed by atoms with Crippen LogP contribution in [0.3, 0.4) is 0 Å². The number of amides is 4. The number of rotatable bonds is 38. The highest BCUT2D eigenvalue weighted by atomic mass is 31.2. The van der Waals surface area contributed by atoms with Crippen LogP contribution in [-0.2, 0) is 70.9 Å². The van der Waals surface area contributed by atoms with Crippen LogP contribution in [0, 0.1) is 0 Å². The average molecular weight is 1090 g/mol. The monoisotopic (exact) mass is 1090 g/mol. The minimum Gasteiger partial charge on any atom is -0.481 e. The molecule has 0 radical (unpaired) electrons. The normalized spacial score (nSPS) is 26.4. The fourth-order valence-corrected chi connectivity index (χ4v) is 8.98. The zero-order valence-electron chi connectivity index (χ0n) is 42.9. The molecule has 0 aromatic heterocycles. The molecule has 4 amide bonds. The van der Waals surface area contributed by atoms with Crippen LogP contribution in [0.4, 0.5) is 0 Å². The molecule has 74 heavy (non-hydrogen) atoms. The van der Waals surface area contributed by atoms with E-state index in [1.165, 1.54) is 51.4 Å². The Labute approximate surface area is 430 Å². The minimum atomic E-state index is -5.45. The van der Waals surface area contributed by atoms with Gasteiger partial charge in [-0.3, -0.25) is 33.0 Å². The van der Waals surface area contributed by atoms with Gasteiger partial charge < -0.3 is 85.6 Å². The van der Waals surface area contributed by atoms with E-state index >= 15 is 0 Å². The van der Waals surface area contributed by atoms with Crippen molar-refractivity contribution in [1.82, 2.24) is 21.3 Å². The summed E-state index contributed by atoms with van der Waals surface area (Å²) < 4.78 is 53.2. The van der Waals surface area contributed by atoms with Gasteiger partial charge in [0, 0.05) is 26.9 Å². The summed E-state index contributed by atoms with van der Waals surface area (Å²) in [6.07, 6.45) is -3.90. The summed E-state index contributed by atoms with van der Waals surface area (Å²) in [6, 6.07) is -6.63. The van der Waals surface area contributed by atoms with Crippen molar-refractivity contribution < 1.29 is 111 Å². The first-order valence-corrected chi connectivity index (χ1v) is 26.8. The van der Waals surface area contributed by atoms with Crippen molar-refractivity contribution >= 4 is 49.4 Å². The van der Waals surface area contributed by atoms with Gasteiger partial charge in [0.1, 0.15) is 66.9 Å². The second-order valence-corrected chi connectivity index (χ2v) is 19.9. The topological polar surface area (TPSA) is 411 Å². The van der Waals surface area contributed by atoms with Crippen molar-refractivity contribution in [2.75, 3.05) is 26.4 Å². The van der Waals surface area contributed by atoms with Gasteiger partial charge >= 0.3 is 25.7 Å². The van der Waals surface area contributed by atoms with E-state index < -0.39 is 168 Å². The SMILES string of the molecule is CCCCCCCCCCCCCCCCO[C@H](COP(=O)(O)O[C@H]1O[C@H](CO)[C@@H](O[C@@H]2O[C@H](CO)[C@@H](O)[C@H](O)[C@H]2NC(C)=O)[C@H](O[C@H](C)C(=O)N[C@@H](C)C(=O)N[C@H](CCC(=O)O)C(=O)O)[C@H]1NC(C)=O)C(=O)O. The number of hydrogen-bond acceptors (Lipinski definition) is 19. The summed E-state index contributed by atoms with van der Waals surface area (Å²) in [5.41, 5.74) is 0. The number of carboxylic acid groups (broad SMARTS) is 3. The molecule has 0 saturated carbocycles. The Morgan fingerprint density at radius 2 is 1.19 bits per heavy atom. The first-order chi connectivity index (χ1) is 35.0. The predicted octanol–water partition coefficient (Wildman–Crippen LogP) is 0.335. The highest BCUT2D eigenvalue weighted by Gasteiger charge is 2.55. The molecule has 2 fully saturated rings. The summed E-state index contributed by atoms with van der Waals surface area (Å²) in [5, 5.41) is 79.7. The fraction of sp³-hybridized carbons (Fsp3) is 0.848. The largest absolute Gasteiger partial charge is 0.481 e. The van der Waals surface area contributed by atoms with Crippen molar-refractivity contribution in [2.45, 2.75) is 223 Å². The van der Waals surface area contributed by atoms with Crippen LogP contribution in [0.2, 0.25) is 0 Å². The summed E-state index contributed by atoms with van der Waals surface area (Å²) in [6.45, 7) is 3.51. The summed E-state index contributed by atoms with van der Waals surface area (Å²) in [7, 11) is -5.45. The van der Waals surface area contributed by atoms with Gasteiger partial charge in [0.05, 0.1) is 19.8 Å². The number of nitrogens with one attached hydrogen (secondary N) is 4. The van der Waals surface area contributed by atoms with Gasteiger partial charge in [0.15, 0.2) is 18.7 Å². The van der Waals surface area contributed by atoms with Gasteiger partial charge in [-0.15, -0.1) is 0 Å². The minimum absolute atomic E-state index is 0.0166. The van der Waals surface area contributed by atoms with E-state index in [0.29, 0.717) is 6.42 Å². The zero-order valence-corrected chi connectivity index (χ0v) is 43.8. The molecular formula is C46H81N4O23P. The number of ether oxygens (including phenoxy) is 5. The first kappa shape index (κ1) is 66.2. The molecule has 0 spiro atoms. The number of unbranched alkanes of at least 4 members (excludes halogenated alkanes) is 13. The molecule has 28 heteroatoms. The Hall–Kier alpha value is -3.96. The van der Waals surface area contributed by atoms with Gasteiger partial charge in [0.2, 0.25) is 23.6 Å². The molecule has 428 valence electrons. The predicted molar refractivity (Wildman–Crippen MR) is 257 cm³/mol. The van der Waals surface area contributed by atoms with Crippen LogP contribution in [0.15, 0.2) is 0 Å². The second kappa shape index (κ2) is 34.7. The lowest BCUT2D eigenvalue weighted by Crippen LogP contribution is -2.70. The average Bonchev–Trinajstić information content (AvgIpc) is 3.32. The molecule has 0 aliphatic carbocycles. The highest BCUT2D eigenvalue weighted by molar-refractivity contribution is 7.47. The Kier molecular flexibility index (Phi) is 31.0. The van der Waals surface area contributed by atoms with Crippen LogP contribution in [-0.4, -0.2) is 194 Å². The maximum Gasteiger partial charge on any atom is 0.474 e. The Balaban J connectivity index is 2.31. The maximum absolute atomic E-state index is 13.6. The number of carbonyl (C=O) groups is 7. The molecular weight excluding hydrogens is 1010 g/mol. The molecule has 2 heterocycles. The zero-order chi connectivity index (χ0) is 55.5. The standard InChI is InChI=1S/C46H81N4O23P/c1-6-7-8-9-10-11-12-13-14-15-16-17-18-19-22-67-33(44(63)64)25-68-74(65,66)73-46-36(49-29(5)54)40(69-27(3)42(60)47-26(2)41(59)50-30(43(61)62)20-21-34(55)56)39(32(24-52)71-46)72-45-35(48-28(4)53)38(58)37(57)31(23-51)70-45/h26-27,30-33,35-40,45-46,51-52,57-58H,6-25H2,1-5H3,(H,47,60)(H,48,53)(H,49,54)(H,50,59)(H,55,56)(H,61,62)(H,63,64)(H,65,66)/t26-,27+,30+,31+,32+,33+,35+,36+,37+,38+,39+,40+,45-,46+/m0/s1. The number of aliphatic hydroxyl groups is 4. The molecule has 12 N–H and O–H groups in total. The molecule has 0 bridgehead atoms. The number of hydrogen-bond donors (Lipinski definition) is 12. The third-order valence-corrected chi connectivity index (χ3v) is 13.2. The lowest BCUT2D eigenvalue weighted by Gasteiger charge is -2.49. The molecule has 0 aromatic carbocycles. The van der Waals surface area contributed by atoms with E-state index in [1.54, 1.807) is 0 Å². The van der Waals surface area contributed by atoms with Gasteiger partial charge in [0.25, 0.3) is 0 Å². The number of phosphoric ester groups is 1. The number of carbonyl (C=O) groups excluding carboxylic acids is 4. The van der Waals surface area contributed by atoms with Crippen LogP contribution < -0.4 is 21.3 Å². The first-order valence-electron chi connectivity index (χ1n) is 25.3. The quantitative estimate of drug-likeness (QED) is 0.0293. The molecule has 2 saturated heterocycles. The molecule has 15 atom stereocenters. The fourth-order valence-electron chi connectivity index (χ4n) is 8.15. The third-order valence-electron chi connectivity index (χ3n) is 12.2. The lowest BCUT2D eigenvalue weighted by molar-refractivity contribution is -0.331. The number of phosphoric acid groups is 1. The second-order valence-electron chi connectivity index (χ2n) is 18.5. The van der Waals surface area contributed by atoms with Crippen molar-refractivity contribution in [3.63, 3.8) is 0 Å². The number of aliphatic hydroxyl groups excluding tert-OH is 4. The van der Waals surface area contributed by atoms with Crippen LogP contribution >= 0.6 is 7.82 Å². The summed E-state index contributed by atoms with van der Waals surface area (Å²) in [5.74, 6) is -8.22. The van der Waals surface area contributed by atoms with Gasteiger partial charge in [-0.2, -0.15) is 0 Å². The van der Waals surface area contributed by atoms with Crippen molar-refractivity contribution in [3.05, 3.63) is 0 Å². The van der Waals surface area contributed by atoms with E-state index in [-0.39, 0.29) is 6.61 Å². The van der Waals surface area contributed by atoms with Crippen LogP contribution in [0.25, 0.3) is 0 Å². The summed E-state index contributed by atoms with van der Waals surface area (Å²) >= 11 is 0. The molecule has 2 aliphatic heterocycles. The smallest absolute Gasteiger partial charge is 0.474 e. The molecule has 27 nitrogen and oxygen atoms in total. The van der Waals surface area contributed by atoms with Crippen LogP contribution in [0.1, 0.15) is 137 Å². The molecule has 2 aliphatic rings. The number of aliphatic carboxylic acids is 3. The van der Waals surface area contributed by atoms with E-state index in [2.05, 4.69) is 28.2 Å². The van der Waals surface area contributed by atoms with Gasteiger partial charge in [-0.25, -0.2) is 14.2 Å². The van der Waals surface area contributed by atoms with Crippen molar-refractivity contribution in [1.29, 1.82) is 0 Å². The number of carboxylic acids is 3. The third kappa shape index (κ3) is 23.9. The lowest BCUT2D eigenvalue weighted by atomic mass is 9.94. The van der Waals surface area contributed by atoms with Crippen molar-refractivity contribution in [3.8, 4) is 0 Å². The Morgan fingerprint density at radius 1 is 0.662 bits per heavy atom. The van der Waals surface area contributed by atoms with E-state index in [9.17, 15) is 73.7 Å². The van der Waals surface area contributed by atoms with Gasteiger partial charge in [-0.1, -0.05) is 90.4 Å². The Bertz CT molecular complexity index is 1800. The maximum atomic E-state index is 13.6. The van der Waals surface area contributed by atoms with E-state index in [4.69, 9.17) is 37.8 Å². The van der Waals surface area contributed by atoms with Crippen molar-refractivity contribution in [2.24, 2.45) is 0 Å². The van der Waals surface area contributed by atoms with E-state index in [1.807, 2.05) is 0 Å². The molecule has 0 aromatic rings. The van der Waals surface area contributed by atoms with Crippen LogP contribution in [0.5, 0.6) is 0 Å². The summed E-state index contributed by atoms with van der Waals surface area (Å²) in [4.78, 5) is 97.4. The Morgan fingerprint density at radius 3 is 1.69 bits per heavy atom. The highest BCUT2D eigenvalue weighted by Crippen LogP contribution is 2.47. The van der Waals surface area contributed by atoms with E-state index in [0.717, 1.165) is 59.8 Å².